The molecule has 0 bridgehead atoms. The number of ether oxygens (including phenoxy) is 3. The molecular weight excluding hydrogens is 677 g/mol. The number of nitrogens with one attached hydrogen (secondary N) is 2. The Morgan fingerprint density at radius 2 is 0.759 bits per heavy atom. The van der Waals surface area contributed by atoms with E-state index in [0.29, 0.717) is 51.4 Å². The third kappa shape index (κ3) is 9.45. The average Bonchev–Trinajstić information content (AvgIpc) is 3.20. The summed E-state index contributed by atoms with van der Waals surface area (Å²) in [6, 6.07) is 53.7. The molecule has 8 nitrogen and oxygen atoms in total. The Labute approximate surface area is 312 Å². The Morgan fingerprint density at radius 1 is 0.370 bits per heavy atom. The fourth-order valence-electron chi connectivity index (χ4n) is 5.52. The summed E-state index contributed by atoms with van der Waals surface area (Å²) in [7, 11) is 0. The first-order chi connectivity index (χ1) is 26.4. The highest BCUT2D eigenvalue weighted by atomic mass is 16.5. The number of ketones is 1. The predicted octanol–water partition coefficient (Wildman–Crippen LogP) is 11.0. The van der Waals surface area contributed by atoms with Crippen LogP contribution in [0.5, 0.6) is 34.5 Å². The molecule has 8 heteroatoms. The van der Waals surface area contributed by atoms with E-state index in [1.165, 1.54) is 6.07 Å². The van der Waals surface area contributed by atoms with Gasteiger partial charge in [0.25, 0.3) is 11.8 Å². The summed E-state index contributed by atoms with van der Waals surface area (Å²) < 4.78 is 17.6. The molecule has 0 aliphatic heterocycles. The van der Waals surface area contributed by atoms with Crippen LogP contribution in [-0.2, 0) is 6.42 Å². The number of rotatable bonds is 13. The van der Waals surface area contributed by atoms with E-state index in [9.17, 15) is 14.4 Å². The minimum absolute atomic E-state index is 0.0653. The van der Waals surface area contributed by atoms with Crippen molar-refractivity contribution >= 4 is 29.0 Å². The van der Waals surface area contributed by atoms with Gasteiger partial charge in [-0.1, -0.05) is 66.7 Å². The number of hydrogen-bond acceptors (Lipinski definition) is 6. The largest absolute Gasteiger partial charge is 0.457 e. The van der Waals surface area contributed by atoms with Gasteiger partial charge in [-0.25, -0.2) is 0 Å². The number of Topliss-reactive ketones (excluding diaryl/α,β-unsaturated/α-hetero) is 1. The van der Waals surface area contributed by atoms with Gasteiger partial charge in [-0.05, 0) is 121 Å². The predicted molar refractivity (Wildman–Crippen MR) is 209 cm³/mol. The van der Waals surface area contributed by atoms with E-state index < -0.39 is 11.8 Å². The van der Waals surface area contributed by atoms with Crippen LogP contribution in [-0.4, -0.2) is 17.6 Å². The Balaban J connectivity index is 1.08. The number of amides is 2. The van der Waals surface area contributed by atoms with Crippen LogP contribution in [0.1, 0.15) is 36.6 Å². The SMILES string of the molecule is O=C(Cc1ccc(Oc2ccccc2)cc1)c1cc(NC(=O)c2ccc(Oc3ccccc3)cc2)cc(C(=O)Nc2ccc(Oc3ccccc3)cc2)c1. The minimum Gasteiger partial charge on any atom is -0.457 e. The maximum Gasteiger partial charge on any atom is 0.255 e. The van der Waals surface area contributed by atoms with Crippen LogP contribution in [0.15, 0.2) is 182 Å². The lowest BCUT2D eigenvalue weighted by atomic mass is 9.99. The molecule has 0 aliphatic carbocycles. The molecule has 0 radical (unpaired) electrons. The summed E-state index contributed by atoms with van der Waals surface area (Å²) >= 11 is 0. The third-order valence-electron chi connectivity index (χ3n) is 8.23. The van der Waals surface area contributed by atoms with Gasteiger partial charge in [0, 0.05) is 34.5 Å². The van der Waals surface area contributed by atoms with E-state index in [2.05, 4.69) is 10.6 Å². The fraction of sp³-hybridized carbons (Fsp3) is 0.0217. The number of benzene rings is 7. The second-order valence-electron chi connectivity index (χ2n) is 12.2. The molecule has 0 fully saturated rings. The van der Waals surface area contributed by atoms with Gasteiger partial charge >= 0.3 is 0 Å². The summed E-state index contributed by atoms with van der Waals surface area (Å²) in [4.78, 5) is 40.7. The first-order valence-corrected chi connectivity index (χ1v) is 17.2. The molecule has 0 unspecified atom stereocenters. The molecule has 0 heterocycles. The highest BCUT2D eigenvalue weighted by Crippen LogP contribution is 2.26. The molecular formula is C46H34N2O6. The van der Waals surface area contributed by atoms with Gasteiger partial charge in [-0.3, -0.25) is 14.4 Å². The van der Waals surface area contributed by atoms with E-state index in [4.69, 9.17) is 14.2 Å². The van der Waals surface area contributed by atoms with Crippen molar-refractivity contribution in [3.8, 4) is 34.5 Å². The van der Waals surface area contributed by atoms with Gasteiger partial charge in [0.15, 0.2) is 5.78 Å². The Bertz CT molecular complexity index is 2230. The van der Waals surface area contributed by atoms with Crippen LogP contribution in [0, 0.1) is 0 Å². The second kappa shape index (κ2) is 16.7. The van der Waals surface area contributed by atoms with E-state index in [-0.39, 0.29) is 23.3 Å². The normalized spacial score (nSPS) is 10.5. The second-order valence-corrected chi connectivity index (χ2v) is 12.2. The maximum absolute atomic E-state index is 13.7. The molecule has 0 saturated carbocycles. The number of carbonyl (C=O) groups is 3. The highest BCUT2D eigenvalue weighted by Gasteiger charge is 2.17. The Hall–Kier alpha value is -7.45. The molecule has 7 aromatic carbocycles. The van der Waals surface area contributed by atoms with Gasteiger partial charge in [0.05, 0.1) is 0 Å². The summed E-state index contributed by atoms with van der Waals surface area (Å²) in [5, 5.41) is 5.75. The smallest absolute Gasteiger partial charge is 0.255 e. The molecule has 264 valence electrons. The van der Waals surface area contributed by atoms with Crippen LogP contribution in [0.4, 0.5) is 11.4 Å². The summed E-state index contributed by atoms with van der Waals surface area (Å²) in [6.45, 7) is 0. The lowest BCUT2D eigenvalue weighted by molar-refractivity contribution is 0.0989. The van der Waals surface area contributed by atoms with Crippen molar-refractivity contribution in [1.29, 1.82) is 0 Å². The molecule has 0 spiro atoms. The van der Waals surface area contributed by atoms with Crippen LogP contribution >= 0.6 is 0 Å². The van der Waals surface area contributed by atoms with E-state index in [1.807, 2.05) is 103 Å². The minimum atomic E-state index is -0.457. The Morgan fingerprint density at radius 3 is 1.26 bits per heavy atom. The first-order valence-electron chi connectivity index (χ1n) is 17.2. The standard InChI is InChI=1S/C46H34N2O6/c49-44(28-32-16-22-41(23-17-32)52-38-10-4-1-5-11-38)34-29-35(46(51)47-36-20-26-43(27-21-36)54-40-14-8-3-9-15-40)31-37(30-34)48-45(50)33-18-24-42(25-19-33)53-39-12-6-2-7-13-39/h1-27,29-31H,28H2,(H,47,51)(H,48,50). The van der Waals surface area contributed by atoms with Gasteiger partial charge in [-0.2, -0.15) is 0 Å². The van der Waals surface area contributed by atoms with E-state index in [0.717, 1.165) is 5.56 Å². The molecule has 0 aromatic heterocycles. The van der Waals surface area contributed by atoms with Crippen molar-refractivity contribution in [1.82, 2.24) is 0 Å². The number of anilines is 2. The van der Waals surface area contributed by atoms with Gasteiger partial charge in [0.1, 0.15) is 34.5 Å². The first kappa shape index (κ1) is 35.0. The zero-order chi connectivity index (χ0) is 37.1. The zero-order valence-corrected chi connectivity index (χ0v) is 29.0. The van der Waals surface area contributed by atoms with E-state index in [1.54, 1.807) is 72.8 Å². The van der Waals surface area contributed by atoms with Crippen LogP contribution in [0.3, 0.4) is 0 Å². The summed E-state index contributed by atoms with van der Waals surface area (Å²) in [5.74, 6) is 2.79. The lowest BCUT2D eigenvalue weighted by Gasteiger charge is -2.13. The molecule has 7 aromatic rings. The maximum atomic E-state index is 13.7. The Kier molecular flexibility index (Phi) is 10.8. The molecule has 2 amide bonds. The summed E-state index contributed by atoms with van der Waals surface area (Å²) in [6.07, 6.45) is 0.0653. The fourth-order valence-corrected chi connectivity index (χ4v) is 5.52. The molecule has 0 aliphatic rings. The average molecular weight is 711 g/mol. The van der Waals surface area contributed by atoms with Crippen molar-refractivity contribution in [2.24, 2.45) is 0 Å². The van der Waals surface area contributed by atoms with Crippen molar-refractivity contribution in [2.75, 3.05) is 10.6 Å². The monoisotopic (exact) mass is 710 g/mol. The van der Waals surface area contributed by atoms with Crippen LogP contribution in [0.2, 0.25) is 0 Å². The number of para-hydroxylation sites is 3. The zero-order valence-electron chi connectivity index (χ0n) is 29.0. The molecule has 0 atom stereocenters. The van der Waals surface area contributed by atoms with Gasteiger partial charge in [-0.15, -0.1) is 0 Å². The third-order valence-corrected chi connectivity index (χ3v) is 8.23. The van der Waals surface area contributed by atoms with Crippen LogP contribution in [0.25, 0.3) is 0 Å². The van der Waals surface area contributed by atoms with Crippen molar-refractivity contribution in [3.63, 3.8) is 0 Å². The lowest BCUT2D eigenvalue weighted by Crippen LogP contribution is -2.16. The van der Waals surface area contributed by atoms with Crippen molar-refractivity contribution < 1.29 is 28.6 Å². The molecule has 2 N–H and O–H groups in total. The number of hydrogen-bond donors (Lipinski definition) is 2. The van der Waals surface area contributed by atoms with Crippen LogP contribution < -0.4 is 24.8 Å². The molecule has 0 saturated heterocycles. The van der Waals surface area contributed by atoms with Gasteiger partial charge in [0.2, 0.25) is 0 Å². The van der Waals surface area contributed by atoms with Crippen molar-refractivity contribution in [3.05, 3.63) is 204 Å². The molecule has 7 rings (SSSR count). The summed E-state index contributed by atoms with van der Waals surface area (Å²) in [5.41, 5.74) is 2.40. The van der Waals surface area contributed by atoms with Crippen molar-refractivity contribution in [2.45, 2.75) is 6.42 Å². The highest BCUT2D eigenvalue weighted by molar-refractivity contribution is 6.10. The van der Waals surface area contributed by atoms with E-state index >= 15 is 0 Å². The quantitative estimate of drug-likeness (QED) is 0.115. The topological polar surface area (TPSA) is 103 Å². The molecule has 54 heavy (non-hydrogen) atoms. The number of carbonyl (C=O) groups excluding carboxylic acids is 3. The van der Waals surface area contributed by atoms with Gasteiger partial charge < -0.3 is 24.8 Å².